The topological polar surface area (TPSA) is 67.8 Å². The summed E-state index contributed by atoms with van der Waals surface area (Å²) < 4.78 is 56.5. The van der Waals surface area contributed by atoms with Crippen molar-refractivity contribution < 1.29 is 31.9 Å². The maximum absolute atomic E-state index is 13.8. The number of halogens is 4. The Kier molecular flexibility index (Phi) is 5.61. The van der Waals surface area contributed by atoms with E-state index < -0.39 is 34.3 Å². The molecule has 0 aromatic heterocycles. The van der Waals surface area contributed by atoms with Gasteiger partial charge in [-0.05, 0) is 42.9 Å². The Labute approximate surface area is 174 Å². The number of nitrogens with zero attached hydrogens (tertiary/aromatic N) is 1. The zero-order valence-electron chi connectivity index (χ0n) is 15.6. The number of carbonyl (C=O) groups is 2. The summed E-state index contributed by atoms with van der Waals surface area (Å²) in [4.78, 5) is 28.7. The van der Waals surface area contributed by atoms with Crippen molar-refractivity contribution in [1.82, 2.24) is 5.32 Å². The molecule has 2 bridgehead atoms. The number of amidine groups is 1. The number of thioether (sulfide) groups is 1. The van der Waals surface area contributed by atoms with Gasteiger partial charge in [0.05, 0.1) is 29.0 Å². The van der Waals surface area contributed by atoms with Crippen LogP contribution >= 0.6 is 11.8 Å². The van der Waals surface area contributed by atoms with Crippen LogP contribution in [0.4, 0.5) is 17.6 Å². The molecule has 1 heterocycles. The number of carbonyl (C=O) groups excluding carboxylic acids is 2. The predicted molar refractivity (Wildman–Crippen MR) is 102 cm³/mol. The van der Waals surface area contributed by atoms with E-state index in [1.54, 1.807) is 0 Å². The lowest BCUT2D eigenvalue weighted by molar-refractivity contribution is -0.137. The smallest absolute Gasteiger partial charge is 0.416 e. The fraction of sp³-hybridized carbons (Fsp3) is 0.450. The molecular weight excluding hydrogens is 424 g/mol. The predicted octanol–water partition coefficient (Wildman–Crippen LogP) is 3.94. The Morgan fingerprint density at radius 2 is 2.07 bits per heavy atom. The maximum Gasteiger partial charge on any atom is 0.416 e. The molecule has 0 radical (unpaired) electrons. The summed E-state index contributed by atoms with van der Waals surface area (Å²) in [5.41, 5.74) is -1.77. The van der Waals surface area contributed by atoms with Gasteiger partial charge in [0.15, 0.2) is 5.17 Å². The first kappa shape index (κ1) is 20.9. The quantitative estimate of drug-likeness (QED) is 0.426. The number of ether oxygens (including phenoxy) is 1. The number of allylic oxidation sites excluding steroid dienone is 1. The highest BCUT2D eigenvalue weighted by atomic mass is 32.2. The molecule has 4 unspecified atom stereocenters. The Hall–Kier alpha value is -2.36. The zero-order valence-corrected chi connectivity index (χ0v) is 16.4. The lowest BCUT2D eigenvalue weighted by Gasteiger charge is -2.13. The Bertz CT molecular complexity index is 931. The minimum atomic E-state index is -4.70. The number of hydrogen-bond acceptors (Lipinski definition) is 5. The van der Waals surface area contributed by atoms with Crippen LogP contribution in [0.5, 0.6) is 0 Å². The van der Waals surface area contributed by atoms with Gasteiger partial charge in [-0.2, -0.15) is 13.2 Å². The fourth-order valence-corrected chi connectivity index (χ4v) is 4.91. The van der Waals surface area contributed by atoms with E-state index in [2.05, 4.69) is 22.5 Å². The van der Waals surface area contributed by atoms with Crippen LogP contribution in [-0.2, 0) is 15.7 Å². The number of nitrogens with one attached hydrogen (secondary N) is 1. The van der Waals surface area contributed by atoms with Crippen molar-refractivity contribution in [2.24, 2.45) is 16.8 Å². The third kappa shape index (κ3) is 4.38. The van der Waals surface area contributed by atoms with E-state index in [1.807, 2.05) is 0 Å². The van der Waals surface area contributed by atoms with Gasteiger partial charge < -0.3 is 10.1 Å². The van der Waals surface area contributed by atoms with Crippen LogP contribution in [-0.4, -0.2) is 34.9 Å². The minimum Gasteiger partial charge on any atom is -0.462 e. The van der Waals surface area contributed by atoms with Gasteiger partial charge in [-0.1, -0.05) is 23.9 Å². The molecule has 1 aromatic carbocycles. The minimum absolute atomic E-state index is 0.169. The Balaban J connectivity index is 1.28. The highest BCUT2D eigenvalue weighted by molar-refractivity contribution is 8.15. The van der Waals surface area contributed by atoms with E-state index in [-0.39, 0.29) is 31.0 Å². The van der Waals surface area contributed by atoms with E-state index in [1.165, 1.54) is 11.8 Å². The molecule has 2 fully saturated rings. The first-order valence-electron chi connectivity index (χ1n) is 9.48. The zero-order chi connectivity index (χ0) is 21.5. The molecule has 1 saturated heterocycles. The van der Waals surface area contributed by atoms with Gasteiger partial charge in [0.25, 0.3) is 0 Å². The van der Waals surface area contributed by atoms with Crippen LogP contribution < -0.4 is 5.32 Å². The van der Waals surface area contributed by atoms with Crippen molar-refractivity contribution in [3.63, 3.8) is 0 Å². The summed E-state index contributed by atoms with van der Waals surface area (Å²) in [5.74, 6) is -1.65. The highest BCUT2D eigenvalue weighted by Crippen LogP contribution is 2.41. The van der Waals surface area contributed by atoms with Crippen molar-refractivity contribution in [2.75, 3.05) is 6.61 Å². The summed E-state index contributed by atoms with van der Waals surface area (Å²) >= 11 is 1.26. The average molecular weight is 442 g/mol. The number of rotatable bonds is 5. The molecule has 3 aliphatic rings. The molecule has 160 valence electrons. The first-order chi connectivity index (χ1) is 14.2. The van der Waals surface area contributed by atoms with Crippen molar-refractivity contribution in [3.05, 3.63) is 47.3 Å². The third-order valence-electron chi connectivity index (χ3n) is 5.43. The van der Waals surface area contributed by atoms with Gasteiger partial charge in [0, 0.05) is 6.42 Å². The lowest BCUT2D eigenvalue weighted by atomic mass is 10.0. The highest BCUT2D eigenvalue weighted by Gasteiger charge is 2.38. The molecule has 1 aliphatic heterocycles. The fourth-order valence-electron chi connectivity index (χ4n) is 3.90. The number of aliphatic imine (C=N–C) groups is 1. The van der Waals surface area contributed by atoms with Gasteiger partial charge >= 0.3 is 12.1 Å². The molecule has 10 heteroatoms. The Morgan fingerprint density at radius 1 is 1.27 bits per heavy atom. The molecule has 1 aromatic rings. The van der Waals surface area contributed by atoms with E-state index in [9.17, 15) is 27.2 Å². The number of alkyl halides is 3. The molecule has 1 saturated carbocycles. The summed E-state index contributed by atoms with van der Waals surface area (Å²) in [6, 6.07) is 1.78. The molecule has 4 atom stereocenters. The summed E-state index contributed by atoms with van der Waals surface area (Å²) in [6.07, 6.45) is 1.92. The average Bonchev–Trinajstić information content (AvgIpc) is 3.37. The molecule has 1 amide bonds. The second-order valence-electron chi connectivity index (χ2n) is 7.49. The van der Waals surface area contributed by atoms with Crippen LogP contribution in [0.3, 0.4) is 0 Å². The van der Waals surface area contributed by atoms with Crippen molar-refractivity contribution in [2.45, 2.75) is 36.7 Å². The standard InChI is InChI=1S/C20H18F4N2O3S/c21-14-9-12(20(22,23)24)3-4-13(14)18(28)29-6-5-16-17(27)26-19(30-16)25-15-8-10-1-2-11(15)7-10/h1-4,9-11,15-16H,5-8H2,(H,25,26,27). The maximum atomic E-state index is 13.8. The van der Waals surface area contributed by atoms with E-state index >= 15 is 0 Å². The first-order valence-corrected chi connectivity index (χ1v) is 10.4. The van der Waals surface area contributed by atoms with Crippen molar-refractivity contribution in [1.29, 1.82) is 0 Å². The number of fused-ring (bicyclic) bond motifs is 2. The number of hydrogen-bond donors (Lipinski definition) is 1. The number of esters is 1. The van der Waals surface area contributed by atoms with Gasteiger partial charge in [0.1, 0.15) is 5.82 Å². The normalized spacial score (nSPS) is 28.9. The summed E-state index contributed by atoms with van der Waals surface area (Å²) in [7, 11) is 0. The van der Waals surface area contributed by atoms with Crippen LogP contribution in [0.2, 0.25) is 0 Å². The third-order valence-corrected chi connectivity index (χ3v) is 6.60. The summed E-state index contributed by atoms with van der Waals surface area (Å²) in [5, 5.41) is 2.79. The number of benzene rings is 1. The van der Waals surface area contributed by atoms with Crippen molar-refractivity contribution in [3.8, 4) is 0 Å². The van der Waals surface area contributed by atoms with E-state index in [4.69, 9.17) is 4.74 Å². The molecule has 2 aliphatic carbocycles. The van der Waals surface area contributed by atoms with Crippen LogP contribution in [0.15, 0.2) is 35.3 Å². The lowest BCUT2D eigenvalue weighted by Crippen LogP contribution is -2.27. The summed E-state index contributed by atoms with van der Waals surface area (Å²) in [6.45, 7) is -0.172. The molecule has 0 spiro atoms. The largest absolute Gasteiger partial charge is 0.462 e. The monoisotopic (exact) mass is 442 g/mol. The van der Waals surface area contributed by atoms with Gasteiger partial charge in [0.2, 0.25) is 5.91 Å². The Morgan fingerprint density at radius 3 is 2.70 bits per heavy atom. The van der Waals surface area contributed by atoms with Crippen LogP contribution in [0.25, 0.3) is 0 Å². The van der Waals surface area contributed by atoms with E-state index in [0.717, 1.165) is 18.9 Å². The second-order valence-corrected chi connectivity index (χ2v) is 8.69. The van der Waals surface area contributed by atoms with Gasteiger partial charge in [-0.25, -0.2) is 9.18 Å². The SMILES string of the molecule is O=C(OCCC1SC(=NC2CC3C=CC2C3)NC1=O)c1ccc(C(F)(F)F)cc1F. The molecular formula is C20H18F4N2O3S. The van der Waals surface area contributed by atoms with Gasteiger partial charge in [-0.15, -0.1) is 0 Å². The molecule has 5 nitrogen and oxygen atoms in total. The van der Waals surface area contributed by atoms with Crippen LogP contribution in [0.1, 0.15) is 35.2 Å². The van der Waals surface area contributed by atoms with Crippen molar-refractivity contribution >= 4 is 28.8 Å². The van der Waals surface area contributed by atoms with E-state index in [0.29, 0.717) is 23.1 Å². The van der Waals surface area contributed by atoms with Gasteiger partial charge in [-0.3, -0.25) is 9.79 Å². The molecule has 30 heavy (non-hydrogen) atoms. The molecule has 4 rings (SSSR count). The second kappa shape index (κ2) is 8.05. The van der Waals surface area contributed by atoms with Crippen LogP contribution in [0, 0.1) is 17.7 Å². The molecule has 1 N–H and O–H groups in total. The number of amides is 1.